The molecule has 2 aromatic carbocycles. The number of furan rings is 1. The van der Waals surface area contributed by atoms with Crippen LogP contribution in [0.25, 0.3) is 17.3 Å². The third-order valence-corrected chi connectivity index (χ3v) is 8.25. The summed E-state index contributed by atoms with van der Waals surface area (Å²) in [6, 6.07) is 22.0. The van der Waals surface area contributed by atoms with E-state index < -0.39 is 9.84 Å². The number of rotatable bonds is 7. The monoisotopic (exact) mass is 494 g/mol. The highest BCUT2D eigenvalue weighted by molar-refractivity contribution is 7.99. The van der Waals surface area contributed by atoms with E-state index >= 15 is 0 Å². The second-order valence-electron chi connectivity index (χ2n) is 7.90. The summed E-state index contributed by atoms with van der Waals surface area (Å²) >= 11 is 1.26. The lowest BCUT2D eigenvalue weighted by Gasteiger charge is -2.28. The third kappa shape index (κ3) is 4.64. The molecule has 1 aliphatic heterocycles. The lowest BCUT2D eigenvalue weighted by molar-refractivity contribution is -0.116. The first-order chi connectivity index (χ1) is 16.5. The first-order valence-corrected chi connectivity index (χ1v) is 13.6. The summed E-state index contributed by atoms with van der Waals surface area (Å²) in [6.07, 6.45) is 2.00. The van der Waals surface area contributed by atoms with Crippen LogP contribution in [0.3, 0.4) is 0 Å². The highest BCUT2D eigenvalue weighted by Gasteiger charge is 2.35. The zero-order valence-electron chi connectivity index (χ0n) is 18.1. The maximum atomic E-state index is 13.4. The minimum atomic E-state index is -3.15. The Kier molecular flexibility index (Phi) is 6.25. The molecule has 1 aliphatic rings. The van der Waals surface area contributed by atoms with Crippen molar-refractivity contribution < 1.29 is 17.6 Å². The maximum absolute atomic E-state index is 13.4. The van der Waals surface area contributed by atoms with Crippen LogP contribution >= 0.6 is 11.8 Å². The number of aromatic nitrogens is 3. The minimum absolute atomic E-state index is 0.0266. The number of hydrogen-bond donors (Lipinski definition) is 0. The molecular formula is C24H22N4O4S2. The fourth-order valence-corrected chi connectivity index (χ4v) is 6.57. The van der Waals surface area contributed by atoms with Gasteiger partial charge in [0.25, 0.3) is 0 Å². The van der Waals surface area contributed by atoms with Crippen LogP contribution in [0.5, 0.6) is 0 Å². The van der Waals surface area contributed by atoms with E-state index in [4.69, 9.17) is 4.42 Å². The van der Waals surface area contributed by atoms with E-state index in [0.717, 1.165) is 5.69 Å². The fourth-order valence-electron chi connectivity index (χ4n) is 4.06. The van der Waals surface area contributed by atoms with Gasteiger partial charge in [-0.05, 0) is 42.8 Å². The van der Waals surface area contributed by atoms with Crippen molar-refractivity contribution in [3.05, 3.63) is 79.1 Å². The van der Waals surface area contributed by atoms with E-state index in [0.29, 0.717) is 28.8 Å². The first kappa shape index (κ1) is 22.4. The Labute approximate surface area is 201 Å². The molecule has 0 saturated carbocycles. The van der Waals surface area contributed by atoms with Gasteiger partial charge in [-0.3, -0.25) is 9.36 Å². The van der Waals surface area contributed by atoms with Crippen molar-refractivity contribution in [2.24, 2.45) is 0 Å². The summed E-state index contributed by atoms with van der Waals surface area (Å²) in [5, 5.41) is 9.17. The Morgan fingerprint density at radius 2 is 1.76 bits per heavy atom. The van der Waals surface area contributed by atoms with Crippen LogP contribution in [0, 0.1) is 0 Å². The molecule has 0 bridgehead atoms. The Bertz CT molecular complexity index is 1370. The number of nitrogens with zero attached hydrogens (tertiary/aromatic N) is 4. The van der Waals surface area contributed by atoms with Crippen LogP contribution in [-0.2, 0) is 14.6 Å². The number of sulfone groups is 1. The standard InChI is InChI=1S/C24H22N4O4S2/c29-22(27(18-8-3-1-4-9-18)20-13-15-34(30,31)17-20)16-33-24-26-25-23(21-12-7-14-32-21)28(24)19-10-5-2-6-11-19/h1-12,14,20H,13,15-17H2/t20-/m0/s1. The molecule has 2 aromatic heterocycles. The second-order valence-corrected chi connectivity index (χ2v) is 11.1. The Morgan fingerprint density at radius 3 is 2.41 bits per heavy atom. The van der Waals surface area contributed by atoms with Gasteiger partial charge in [0, 0.05) is 11.4 Å². The molecule has 3 heterocycles. The van der Waals surface area contributed by atoms with Crippen molar-refractivity contribution in [3.8, 4) is 17.3 Å². The topological polar surface area (TPSA) is 98.3 Å². The van der Waals surface area contributed by atoms with Crippen molar-refractivity contribution in [1.29, 1.82) is 0 Å². The average molecular weight is 495 g/mol. The number of benzene rings is 2. The van der Waals surface area contributed by atoms with Gasteiger partial charge in [0.05, 0.1) is 29.6 Å². The molecule has 0 spiro atoms. The first-order valence-electron chi connectivity index (χ1n) is 10.8. The lowest BCUT2D eigenvalue weighted by atomic mass is 10.2. The van der Waals surface area contributed by atoms with E-state index in [-0.39, 0.29) is 29.2 Å². The number of anilines is 1. The molecule has 34 heavy (non-hydrogen) atoms. The van der Waals surface area contributed by atoms with E-state index in [2.05, 4.69) is 10.2 Å². The van der Waals surface area contributed by atoms with Crippen molar-refractivity contribution >= 4 is 33.2 Å². The smallest absolute Gasteiger partial charge is 0.237 e. The van der Waals surface area contributed by atoms with Crippen LogP contribution in [0.2, 0.25) is 0 Å². The van der Waals surface area contributed by atoms with Crippen molar-refractivity contribution in [1.82, 2.24) is 14.8 Å². The summed E-state index contributed by atoms with van der Waals surface area (Å²) in [7, 11) is -3.15. The number of hydrogen-bond acceptors (Lipinski definition) is 7. The second kappa shape index (κ2) is 9.47. The van der Waals surface area contributed by atoms with Crippen molar-refractivity contribution in [3.63, 3.8) is 0 Å². The van der Waals surface area contributed by atoms with Crippen LogP contribution < -0.4 is 4.90 Å². The van der Waals surface area contributed by atoms with Gasteiger partial charge in [-0.1, -0.05) is 48.2 Å². The lowest BCUT2D eigenvalue weighted by Crippen LogP contribution is -2.42. The van der Waals surface area contributed by atoms with E-state index in [1.165, 1.54) is 11.8 Å². The minimum Gasteiger partial charge on any atom is -0.461 e. The van der Waals surface area contributed by atoms with Crippen LogP contribution in [0.1, 0.15) is 6.42 Å². The molecule has 0 aliphatic carbocycles. The van der Waals surface area contributed by atoms with E-state index in [1.807, 2.05) is 65.2 Å². The predicted octanol–water partition coefficient (Wildman–Crippen LogP) is 3.84. The highest BCUT2D eigenvalue weighted by Crippen LogP contribution is 2.30. The van der Waals surface area contributed by atoms with Gasteiger partial charge >= 0.3 is 0 Å². The van der Waals surface area contributed by atoms with Gasteiger partial charge in [0.1, 0.15) is 0 Å². The molecule has 0 radical (unpaired) electrons. The fraction of sp³-hybridized carbons (Fsp3) is 0.208. The Balaban J connectivity index is 1.43. The van der Waals surface area contributed by atoms with Gasteiger partial charge in [-0.15, -0.1) is 10.2 Å². The SMILES string of the molecule is O=C(CSc1nnc(-c2ccco2)n1-c1ccccc1)N(c1ccccc1)[C@H]1CCS(=O)(=O)C1. The van der Waals surface area contributed by atoms with Crippen LogP contribution in [0.15, 0.2) is 88.6 Å². The maximum Gasteiger partial charge on any atom is 0.237 e. The Morgan fingerprint density at radius 1 is 1.03 bits per heavy atom. The van der Waals surface area contributed by atoms with Gasteiger partial charge in [0.2, 0.25) is 11.7 Å². The average Bonchev–Trinajstić information content (AvgIpc) is 3.59. The molecule has 4 aromatic rings. The highest BCUT2D eigenvalue weighted by atomic mass is 32.2. The van der Waals surface area contributed by atoms with Gasteiger partial charge in [-0.25, -0.2) is 8.42 Å². The van der Waals surface area contributed by atoms with Gasteiger partial charge in [-0.2, -0.15) is 0 Å². The number of carbonyl (C=O) groups is 1. The van der Waals surface area contributed by atoms with Crippen LogP contribution in [0.4, 0.5) is 5.69 Å². The van der Waals surface area contributed by atoms with E-state index in [9.17, 15) is 13.2 Å². The molecule has 0 N–H and O–H groups in total. The zero-order valence-corrected chi connectivity index (χ0v) is 19.8. The molecule has 1 fully saturated rings. The molecule has 0 unspecified atom stereocenters. The number of thioether (sulfide) groups is 1. The normalized spacial score (nSPS) is 17.0. The Hall–Kier alpha value is -3.37. The largest absolute Gasteiger partial charge is 0.461 e. The molecule has 10 heteroatoms. The van der Waals surface area contributed by atoms with Gasteiger partial charge < -0.3 is 9.32 Å². The molecule has 174 valence electrons. The van der Waals surface area contributed by atoms with Crippen molar-refractivity contribution in [2.75, 3.05) is 22.2 Å². The summed E-state index contributed by atoms with van der Waals surface area (Å²) < 4.78 is 31.6. The van der Waals surface area contributed by atoms with Gasteiger partial charge in [0.15, 0.2) is 20.8 Å². The molecule has 1 atom stereocenters. The van der Waals surface area contributed by atoms with Crippen molar-refractivity contribution in [2.45, 2.75) is 17.6 Å². The van der Waals surface area contributed by atoms with E-state index in [1.54, 1.807) is 23.3 Å². The summed E-state index contributed by atoms with van der Waals surface area (Å²) in [6.45, 7) is 0. The molecular weight excluding hydrogens is 472 g/mol. The quantitative estimate of drug-likeness (QED) is 0.360. The summed E-state index contributed by atoms with van der Waals surface area (Å²) in [4.78, 5) is 15.1. The zero-order chi connectivity index (χ0) is 23.5. The predicted molar refractivity (Wildman–Crippen MR) is 131 cm³/mol. The molecule has 8 nitrogen and oxygen atoms in total. The van der Waals surface area contributed by atoms with Crippen LogP contribution in [-0.4, -0.2) is 52.4 Å². The summed E-state index contributed by atoms with van der Waals surface area (Å²) in [5.41, 5.74) is 1.53. The molecule has 1 saturated heterocycles. The number of amides is 1. The molecule has 1 amide bonds. The molecule has 5 rings (SSSR count). The number of para-hydroxylation sites is 2. The third-order valence-electron chi connectivity index (χ3n) is 5.59. The number of carbonyl (C=O) groups excluding carboxylic acids is 1. The summed E-state index contributed by atoms with van der Waals surface area (Å²) in [5.74, 6) is 1.07.